The third-order valence-corrected chi connectivity index (χ3v) is 4.44. The van der Waals surface area contributed by atoms with Crippen molar-refractivity contribution in [2.75, 3.05) is 0 Å². The normalized spacial score (nSPS) is 25.8. The maximum atomic E-state index is 6.31. The molecule has 0 aromatic heterocycles. The summed E-state index contributed by atoms with van der Waals surface area (Å²) in [4.78, 5) is 0. The van der Waals surface area contributed by atoms with Gasteiger partial charge in [-0.05, 0) is 31.9 Å². The average molecular weight is 326 g/mol. The number of unbranched alkanes of at least 4 members (excludes halogenated alkanes) is 3. The van der Waals surface area contributed by atoms with Gasteiger partial charge in [0.05, 0.1) is 0 Å². The second-order valence-electron chi connectivity index (χ2n) is 5.86. The van der Waals surface area contributed by atoms with Crippen molar-refractivity contribution >= 4 is 15.9 Å². The van der Waals surface area contributed by atoms with Gasteiger partial charge in [0.2, 0.25) is 0 Å². The maximum absolute atomic E-state index is 6.31. The van der Waals surface area contributed by atoms with Gasteiger partial charge in [-0.15, -0.1) is 0 Å². The molecule has 0 aliphatic carbocycles. The van der Waals surface area contributed by atoms with E-state index in [4.69, 9.17) is 10.5 Å². The molecule has 3 heteroatoms. The van der Waals surface area contributed by atoms with Gasteiger partial charge in [0.1, 0.15) is 11.4 Å². The fraction of sp³-hybridized carbons (Fsp3) is 0.625. The fourth-order valence-corrected chi connectivity index (χ4v) is 3.20. The second-order valence-corrected chi connectivity index (χ2v) is 6.77. The first kappa shape index (κ1) is 14.9. The van der Waals surface area contributed by atoms with E-state index in [1.807, 2.05) is 12.1 Å². The minimum absolute atomic E-state index is 0.0908. The maximum Gasteiger partial charge on any atom is 0.126 e. The van der Waals surface area contributed by atoms with E-state index in [2.05, 4.69) is 35.8 Å². The summed E-state index contributed by atoms with van der Waals surface area (Å²) in [7, 11) is 0. The molecule has 0 bridgehead atoms. The largest absolute Gasteiger partial charge is 0.487 e. The number of rotatable bonds is 5. The zero-order valence-corrected chi connectivity index (χ0v) is 13.5. The SMILES string of the molecule is CCCCCCC1(C)C[C@@H](N)c2ccc(Br)cc2O1. The van der Waals surface area contributed by atoms with Crippen molar-refractivity contribution < 1.29 is 4.74 Å². The van der Waals surface area contributed by atoms with Crippen molar-refractivity contribution in [3.8, 4) is 5.75 Å². The molecule has 19 heavy (non-hydrogen) atoms. The van der Waals surface area contributed by atoms with Crippen LogP contribution in [0.1, 0.15) is 64.0 Å². The van der Waals surface area contributed by atoms with Crippen LogP contribution in [0.2, 0.25) is 0 Å². The van der Waals surface area contributed by atoms with Crippen molar-refractivity contribution in [2.45, 2.75) is 64.0 Å². The van der Waals surface area contributed by atoms with Gasteiger partial charge in [-0.3, -0.25) is 0 Å². The molecule has 1 aromatic rings. The van der Waals surface area contributed by atoms with Crippen LogP contribution in [0.25, 0.3) is 0 Å². The topological polar surface area (TPSA) is 35.2 Å². The standard InChI is InChI=1S/C16H24BrNO/c1-3-4-5-6-9-16(2)11-14(18)13-8-7-12(17)10-15(13)19-16/h7-8,10,14H,3-6,9,11,18H2,1-2H3/t14-,16?/m1/s1. The molecule has 1 unspecified atom stereocenters. The Morgan fingerprint density at radius 1 is 1.37 bits per heavy atom. The van der Waals surface area contributed by atoms with E-state index in [0.29, 0.717) is 0 Å². The van der Waals surface area contributed by atoms with Crippen molar-refractivity contribution in [3.05, 3.63) is 28.2 Å². The van der Waals surface area contributed by atoms with Gasteiger partial charge in [0.15, 0.2) is 0 Å². The van der Waals surface area contributed by atoms with Gasteiger partial charge in [-0.1, -0.05) is 48.2 Å². The quantitative estimate of drug-likeness (QED) is 0.776. The van der Waals surface area contributed by atoms with Crippen molar-refractivity contribution in [1.29, 1.82) is 0 Å². The number of halogens is 1. The lowest BCUT2D eigenvalue weighted by Crippen LogP contribution is -2.40. The summed E-state index contributed by atoms with van der Waals surface area (Å²) in [6, 6.07) is 6.23. The van der Waals surface area contributed by atoms with E-state index in [9.17, 15) is 0 Å². The number of ether oxygens (including phenoxy) is 1. The Balaban J connectivity index is 2.05. The van der Waals surface area contributed by atoms with Gasteiger partial charge in [0, 0.05) is 22.5 Å². The summed E-state index contributed by atoms with van der Waals surface area (Å²) in [6.45, 7) is 4.44. The average Bonchev–Trinajstić information content (AvgIpc) is 2.34. The van der Waals surface area contributed by atoms with E-state index < -0.39 is 0 Å². The Morgan fingerprint density at radius 3 is 2.89 bits per heavy atom. The molecular formula is C16H24BrNO. The molecule has 0 saturated carbocycles. The van der Waals surface area contributed by atoms with Gasteiger partial charge >= 0.3 is 0 Å². The Bertz CT molecular complexity index is 435. The number of benzene rings is 1. The zero-order valence-electron chi connectivity index (χ0n) is 11.9. The lowest BCUT2D eigenvalue weighted by molar-refractivity contribution is 0.0429. The Labute approximate surface area is 124 Å². The third kappa shape index (κ3) is 3.73. The molecule has 1 aliphatic rings. The monoisotopic (exact) mass is 325 g/mol. The van der Waals surface area contributed by atoms with Crippen LogP contribution in [-0.2, 0) is 0 Å². The van der Waals surface area contributed by atoms with Gasteiger partial charge in [0.25, 0.3) is 0 Å². The first-order valence-electron chi connectivity index (χ1n) is 7.28. The molecule has 1 aromatic carbocycles. The van der Waals surface area contributed by atoms with Crippen LogP contribution in [0.3, 0.4) is 0 Å². The summed E-state index contributed by atoms with van der Waals surface area (Å²) in [5.41, 5.74) is 7.33. The van der Waals surface area contributed by atoms with Crippen LogP contribution in [0, 0.1) is 0 Å². The molecule has 1 aliphatic heterocycles. The van der Waals surface area contributed by atoms with Crippen molar-refractivity contribution in [2.24, 2.45) is 5.73 Å². The molecule has 106 valence electrons. The van der Waals surface area contributed by atoms with Gasteiger partial charge < -0.3 is 10.5 Å². The zero-order chi connectivity index (χ0) is 13.9. The van der Waals surface area contributed by atoms with Gasteiger partial charge in [-0.2, -0.15) is 0 Å². The summed E-state index contributed by atoms with van der Waals surface area (Å²) < 4.78 is 7.29. The van der Waals surface area contributed by atoms with Crippen LogP contribution in [-0.4, -0.2) is 5.60 Å². The van der Waals surface area contributed by atoms with Crippen molar-refractivity contribution in [1.82, 2.24) is 0 Å². The van der Waals surface area contributed by atoms with Crippen molar-refractivity contribution in [3.63, 3.8) is 0 Å². The molecule has 2 nitrogen and oxygen atoms in total. The molecule has 0 amide bonds. The van der Waals surface area contributed by atoms with Crippen LogP contribution in [0.5, 0.6) is 5.75 Å². The number of hydrogen-bond donors (Lipinski definition) is 1. The van der Waals surface area contributed by atoms with Crippen LogP contribution >= 0.6 is 15.9 Å². The number of nitrogens with two attached hydrogens (primary N) is 1. The lowest BCUT2D eigenvalue weighted by Gasteiger charge is -2.39. The second kappa shape index (κ2) is 6.27. The summed E-state index contributed by atoms with van der Waals surface area (Å²) in [5.74, 6) is 0.950. The minimum Gasteiger partial charge on any atom is -0.487 e. The molecule has 2 atom stereocenters. The van der Waals surface area contributed by atoms with E-state index in [0.717, 1.165) is 28.6 Å². The highest BCUT2D eigenvalue weighted by molar-refractivity contribution is 9.10. The van der Waals surface area contributed by atoms with Crippen LogP contribution in [0.15, 0.2) is 22.7 Å². The predicted octanol–water partition coefficient (Wildman–Crippen LogP) is 4.96. The number of fused-ring (bicyclic) bond motifs is 1. The molecule has 0 radical (unpaired) electrons. The van der Waals surface area contributed by atoms with E-state index >= 15 is 0 Å². The predicted molar refractivity (Wildman–Crippen MR) is 83.5 cm³/mol. The molecule has 1 heterocycles. The summed E-state index contributed by atoms with van der Waals surface area (Å²) in [6.07, 6.45) is 7.09. The highest BCUT2D eigenvalue weighted by Crippen LogP contribution is 2.41. The van der Waals surface area contributed by atoms with E-state index in [-0.39, 0.29) is 11.6 Å². The Kier molecular flexibility index (Phi) is 4.91. The van der Waals surface area contributed by atoms with Gasteiger partial charge in [-0.25, -0.2) is 0 Å². The third-order valence-electron chi connectivity index (χ3n) is 3.94. The fourth-order valence-electron chi connectivity index (χ4n) is 2.86. The first-order valence-corrected chi connectivity index (χ1v) is 8.07. The molecule has 0 saturated heterocycles. The Morgan fingerprint density at radius 2 is 2.16 bits per heavy atom. The molecule has 0 spiro atoms. The number of hydrogen-bond acceptors (Lipinski definition) is 2. The summed E-state index contributed by atoms with van der Waals surface area (Å²) >= 11 is 3.50. The summed E-state index contributed by atoms with van der Waals surface area (Å²) in [5, 5.41) is 0. The van der Waals surface area contributed by atoms with Crippen LogP contribution < -0.4 is 10.5 Å². The molecule has 2 rings (SSSR count). The molecular weight excluding hydrogens is 302 g/mol. The van der Waals surface area contributed by atoms with E-state index in [1.165, 1.54) is 25.7 Å². The Hall–Kier alpha value is -0.540. The highest BCUT2D eigenvalue weighted by Gasteiger charge is 2.35. The highest BCUT2D eigenvalue weighted by atomic mass is 79.9. The lowest BCUT2D eigenvalue weighted by atomic mass is 9.85. The smallest absolute Gasteiger partial charge is 0.126 e. The molecule has 2 N–H and O–H groups in total. The van der Waals surface area contributed by atoms with Crippen LogP contribution in [0.4, 0.5) is 0 Å². The first-order chi connectivity index (χ1) is 9.04. The van der Waals surface area contributed by atoms with E-state index in [1.54, 1.807) is 0 Å². The molecule has 0 fully saturated rings. The minimum atomic E-state index is -0.110.